The molecule has 1 atom stereocenters. The summed E-state index contributed by atoms with van der Waals surface area (Å²) in [6, 6.07) is 10.1. The van der Waals surface area contributed by atoms with Crippen LogP contribution in [0.4, 0.5) is 5.69 Å². The average molecular weight is 379 g/mol. The maximum Gasteiger partial charge on any atom is 0.335 e. The molecule has 2 heterocycles. The van der Waals surface area contributed by atoms with Crippen molar-refractivity contribution in [3.63, 3.8) is 0 Å². The highest BCUT2D eigenvalue weighted by molar-refractivity contribution is 6.04. The molecular weight excluding hydrogens is 358 g/mol. The first-order chi connectivity index (χ1) is 13.5. The summed E-state index contributed by atoms with van der Waals surface area (Å²) in [5.74, 6) is -0.468. The highest BCUT2D eigenvalue weighted by atomic mass is 16.4. The van der Waals surface area contributed by atoms with E-state index in [9.17, 15) is 9.59 Å². The number of carbonyl (C=O) groups is 2. The molecule has 0 bridgehead atoms. The zero-order chi connectivity index (χ0) is 20.1. The van der Waals surface area contributed by atoms with Gasteiger partial charge in [0.05, 0.1) is 5.56 Å². The van der Waals surface area contributed by atoms with E-state index in [0.717, 1.165) is 24.4 Å². The quantitative estimate of drug-likeness (QED) is 0.653. The standard InChI is InChI=1S/C20H21N5O3/c1-3-25-12-22-24-18(25)9-13(2)14-5-4-6-16(10-14)23-19(26)17-11-15(20(27)28)7-8-21-17/h4-8,10-13H,3,9H2,1-2H3,(H,23,26)(H,27,28). The van der Waals surface area contributed by atoms with Crippen molar-refractivity contribution in [2.75, 3.05) is 5.32 Å². The second kappa shape index (κ2) is 8.43. The highest BCUT2D eigenvalue weighted by Gasteiger charge is 2.14. The molecule has 2 aromatic heterocycles. The van der Waals surface area contributed by atoms with Crippen LogP contribution in [0.5, 0.6) is 0 Å². The van der Waals surface area contributed by atoms with Crippen LogP contribution in [-0.2, 0) is 13.0 Å². The minimum atomic E-state index is -1.10. The minimum absolute atomic E-state index is 0.0163. The van der Waals surface area contributed by atoms with Crippen LogP contribution in [0.15, 0.2) is 48.9 Å². The fourth-order valence-corrected chi connectivity index (χ4v) is 2.90. The van der Waals surface area contributed by atoms with Crippen LogP contribution in [0.3, 0.4) is 0 Å². The fraction of sp³-hybridized carbons (Fsp3) is 0.250. The second-order valence-corrected chi connectivity index (χ2v) is 6.45. The molecule has 1 amide bonds. The number of carbonyl (C=O) groups excluding carboxylic acids is 1. The number of aromatic nitrogens is 4. The van der Waals surface area contributed by atoms with Crippen molar-refractivity contribution in [1.29, 1.82) is 0 Å². The molecule has 0 saturated heterocycles. The zero-order valence-corrected chi connectivity index (χ0v) is 15.7. The summed E-state index contributed by atoms with van der Waals surface area (Å²) >= 11 is 0. The number of aryl methyl sites for hydroxylation is 1. The molecule has 1 aromatic carbocycles. The Morgan fingerprint density at radius 1 is 1.25 bits per heavy atom. The van der Waals surface area contributed by atoms with Gasteiger partial charge in [0.2, 0.25) is 0 Å². The molecule has 0 spiro atoms. The monoisotopic (exact) mass is 379 g/mol. The number of rotatable bonds is 7. The molecule has 8 heteroatoms. The Morgan fingerprint density at radius 2 is 2.07 bits per heavy atom. The van der Waals surface area contributed by atoms with Gasteiger partial charge in [-0.2, -0.15) is 0 Å². The molecule has 3 aromatic rings. The summed E-state index contributed by atoms with van der Waals surface area (Å²) < 4.78 is 2.00. The molecule has 28 heavy (non-hydrogen) atoms. The lowest BCUT2D eigenvalue weighted by atomic mass is 9.97. The van der Waals surface area contributed by atoms with Crippen LogP contribution in [-0.4, -0.2) is 36.7 Å². The van der Waals surface area contributed by atoms with Crippen LogP contribution in [0.2, 0.25) is 0 Å². The number of carboxylic acids is 1. The molecule has 3 rings (SSSR count). The van der Waals surface area contributed by atoms with Crippen molar-refractivity contribution in [2.24, 2.45) is 0 Å². The molecule has 0 radical (unpaired) electrons. The number of carboxylic acid groups (broad SMARTS) is 1. The second-order valence-electron chi connectivity index (χ2n) is 6.45. The van der Waals surface area contributed by atoms with Gasteiger partial charge in [-0.25, -0.2) is 4.79 Å². The number of anilines is 1. The molecule has 0 aliphatic heterocycles. The van der Waals surface area contributed by atoms with E-state index in [0.29, 0.717) is 5.69 Å². The van der Waals surface area contributed by atoms with Crippen molar-refractivity contribution in [2.45, 2.75) is 32.7 Å². The van der Waals surface area contributed by atoms with E-state index in [2.05, 4.69) is 27.4 Å². The Labute approximate surface area is 162 Å². The van der Waals surface area contributed by atoms with Gasteiger partial charge >= 0.3 is 5.97 Å². The SMILES string of the molecule is CCn1cnnc1CC(C)c1cccc(NC(=O)c2cc(C(=O)O)ccn2)c1. The summed E-state index contributed by atoms with van der Waals surface area (Å²) in [4.78, 5) is 27.4. The number of hydrogen-bond donors (Lipinski definition) is 2. The fourth-order valence-electron chi connectivity index (χ4n) is 2.90. The summed E-state index contributed by atoms with van der Waals surface area (Å²) in [5, 5.41) is 20.0. The van der Waals surface area contributed by atoms with Gasteiger partial charge in [-0.05, 0) is 42.7 Å². The maximum atomic E-state index is 12.4. The molecular formula is C20H21N5O3. The average Bonchev–Trinajstić information content (AvgIpc) is 3.15. The van der Waals surface area contributed by atoms with Gasteiger partial charge in [-0.1, -0.05) is 19.1 Å². The van der Waals surface area contributed by atoms with Gasteiger partial charge < -0.3 is 15.0 Å². The Morgan fingerprint density at radius 3 is 2.82 bits per heavy atom. The molecule has 0 aliphatic rings. The highest BCUT2D eigenvalue weighted by Crippen LogP contribution is 2.23. The minimum Gasteiger partial charge on any atom is -0.478 e. The third-order valence-electron chi connectivity index (χ3n) is 4.48. The van der Waals surface area contributed by atoms with E-state index >= 15 is 0 Å². The largest absolute Gasteiger partial charge is 0.478 e. The van der Waals surface area contributed by atoms with Crippen molar-refractivity contribution < 1.29 is 14.7 Å². The first kappa shape index (κ1) is 19.2. The molecule has 0 saturated carbocycles. The number of nitrogens with zero attached hydrogens (tertiary/aromatic N) is 4. The van der Waals surface area contributed by atoms with Crippen LogP contribution < -0.4 is 5.32 Å². The number of pyridine rings is 1. The Hall–Kier alpha value is -3.55. The van der Waals surface area contributed by atoms with Gasteiger partial charge in [0.1, 0.15) is 17.8 Å². The van der Waals surface area contributed by atoms with Crippen LogP contribution in [0.25, 0.3) is 0 Å². The summed E-state index contributed by atoms with van der Waals surface area (Å²) in [6.45, 7) is 4.95. The lowest BCUT2D eigenvalue weighted by molar-refractivity contribution is 0.0696. The predicted octanol–water partition coefficient (Wildman–Crippen LogP) is 2.99. The smallest absolute Gasteiger partial charge is 0.335 e. The number of nitrogens with one attached hydrogen (secondary N) is 1. The number of aromatic carboxylic acids is 1. The van der Waals surface area contributed by atoms with E-state index in [-0.39, 0.29) is 17.2 Å². The predicted molar refractivity (Wildman–Crippen MR) is 103 cm³/mol. The van der Waals surface area contributed by atoms with Crippen molar-refractivity contribution in [1.82, 2.24) is 19.7 Å². The lowest BCUT2D eigenvalue weighted by Gasteiger charge is -2.14. The van der Waals surface area contributed by atoms with Gasteiger partial charge in [0, 0.05) is 24.8 Å². The van der Waals surface area contributed by atoms with Gasteiger partial charge in [-0.15, -0.1) is 10.2 Å². The van der Waals surface area contributed by atoms with E-state index in [4.69, 9.17) is 5.11 Å². The number of hydrogen-bond acceptors (Lipinski definition) is 5. The lowest BCUT2D eigenvalue weighted by Crippen LogP contribution is -2.15. The Balaban J connectivity index is 1.73. The Kier molecular flexibility index (Phi) is 5.78. The zero-order valence-electron chi connectivity index (χ0n) is 15.7. The van der Waals surface area contributed by atoms with E-state index in [1.54, 1.807) is 12.4 Å². The molecule has 8 nitrogen and oxygen atoms in total. The van der Waals surface area contributed by atoms with E-state index in [1.165, 1.54) is 18.3 Å². The topological polar surface area (TPSA) is 110 Å². The van der Waals surface area contributed by atoms with Gasteiger partial charge in [0.25, 0.3) is 5.91 Å². The summed E-state index contributed by atoms with van der Waals surface area (Å²) in [7, 11) is 0. The third kappa shape index (κ3) is 4.40. The normalized spacial score (nSPS) is 11.8. The number of benzene rings is 1. The van der Waals surface area contributed by atoms with Crippen LogP contribution in [0.1, 0.15) is 52.0 Å². The van der Waals surface area contributed by atoms with Crippen molar-refractivity contribution >= 4 is 17.6 Å². The molecule has 1 unspecified atom stereocenters. The molecule has 0 fully saturated rings. The third-order valence-corrected chi connectivity index (χ3v) is 4.48. The van der Waals surface area contributed by atoms with Crippen molar-refractivity contribution in [3.8, 4) is 0 Å². The van der Waals surface area contributed by atoms with E-state index < -0.39 is 11.9 Å². The van der Waals surface area contributed by atoms with E-state index in [1.807, 2.05) is 29.7 Å². The Bertz CT molecular complexity index is 999. The molecule has 144 valence electrons. The molecule has 2 N–H and O–H groups in total. The number of amides is 1. The van der Waals surface area contributed by atoms with Gasteiger partial charge in [0.15, 0.2) is 0 Å². The summed E-state index contributed by atoms with van der Waals surface area (Å²) in [6.07, 6.45) is 3.76. The van der Waals surface area contributed by atoms with Crippen LogP contribution in [0, 0.1) is 0 Å². The van der Waals surface area contributed by atoms with Gasteiger partial charge in [-0.3, -0.25) is 9.78 Å². The van der Waals surface area contributed by atoms with Crippen LogP contribution >= 0.6 is 0 Å². The van der Waals surface area contributed by atoms with Crippen molar-refractivity contribution in [3.05, 3.63) is 71.6 Å². The molecule has 0 aliphatic carbocycles. The maximum absolute atomic E-state index is 12.4. The summed E-state index contributed by atoms with van der Waals surface area (Å²) in [5.41, 5.74) is 1.74. The first-order valence-corrected chi connectivity index (χ1v) is 8.95. The first-order valence-electron chi connectivity index (χ1n) is 8.95.